The van der Waals surface area contributed by atoms with E-state index < -0.39 is 24.5 Å². The van der Waals surface area contributed by atoms with Crippen LogP contribution in [0.4, 0.5) is 0 Å². The molecule has 0 heterocycles. The van der Waals surface area contributed by atoms with E-state index in [-0.39, 0.29) is 28.9 Å². The van der Waals surface area contributed by atoms with E-state index in [1.807, 2.05) is 67.7 Å². The molecule has 0 aliphatic heterocycles. The molecule has 20 heavy (non-hydrogen) atoms. The van der Waals surface area contributed by atoms with Crippen LogP contribution in [-0.4, -0.2) is 16.6 Å². The van der Waals surface area contributed by atoms with Crippen molar-refractivity contribution in [2.75, 3.05) is 0 Å². The molecule has 0 rings (SSSR count). The van der Waals surface area contributed by atoms with E-state index in [1.165, 1.54) is 0 Å². The van der Waals surface area contributed by atoms with E-state index in [0.717, 1.165) is 0 Å². The van der Waals surface area contributed by atoms with Crippen LogP contribution in [0.25, 0.3) is 0 Å². The molecule has 0 aromatic carbocycles. The van der Waals surface area contributed by atoms with Gasteiger partial charge >= 0.3 is 18.9 Å². The first kappa shape index (κ1) is 23.4. The predicted molar refractivity (Wildman–Crippen MR) is 84.2 cm³/mol. The Morgan fingerprint density at radius 3 is 1.15 bits per heavy atom. The Balaban J connectivity index is 0. The minimum absolute atomic E-state index is 0. The van der Waals surface area contributed by atoms with Gasteiger partial charge in [0.15, 0.2) is 0 Å². The molecule has 0 spiro atoms. The van der Waals surface area contributed by atoms with Crippen LogP contribution in [0.1, 0.15) is 41.5 Å². The molecule has 0 N–H and O–H groups in total. The SMILES string of the molecule is CC(C)(C)[Si](C)(C)OP(=O)([O-])O[Si](C)(C)C(C)(C)C.[Li+]. The van der Waals surface area contributed by atoms with Gasteiger partial charge in [0, 0.05) is 0 Å². The van der Waals surface area contributed by atoms with E-state index in [1.54, 1.807) is 0 Å². The number of hydrogen-bond donors (Lipinski definition) is 0. The van der Waals surface area contributed by atoms with Crippen LogP contribution in [0, 0.1) is 0 Å². The van der Waals surface area contributed by atoms with E-state index in [4.69, 9.17) is 8.43 Å². The third kappa shape index (κ3) is 6.50. The third-order valence-electron chi connectivity index (χ3n) is 4.29. The molecule has 116 valence electrons. The third-order valence-corrected chi connectivity index (χ3v) is 17.0. The summed E-state index contributed by atoms with van der Waals surface area (Å²) in [5, 5.41) is -0.326. The summed E-state index contributed by atoms with van der Waals surface area (Å²) >= 11 is 0. The quantitative estimate of drug-likeness (QED) is 0.578. The molecular formula is C12H30LiO4PSi2. The van der Waals surface area contributed by atoms with Crippen molar-refractivity contribution in [1.29, 1.82) is 0 Å². The first-order valence-corrected chi connectivity index (χ1v) is 13.9. The van der Waals surface area contributed by atoms with E-state index >= 15 is 0 Å². The van der Waals surface area contributed by atoms with Crippen LogP contribution in [0.5, 0.6) is 0 Å². The Bertz CT molecular complexity index is 341. The zero-order valence-electron chi connectivity index (χ0n) is 15.1. The molecule has 4 nitrogen and oxygen atoms in total. The fourth-order valence-corrected chi connectivity index (χ4v) is 8.00. The van der Waals surface area contributed by atoms with Crippen molar-refractivity contribution < 1.29 is 36.7 Å². The number of hydrogen-bond acceptors (Lipinski definition) is 4. The Morgan fingerprint density at radius 1 is 0.800 bits per heavy atom. The van der Waals surface area contributed by atoms with Gasteiger partial charge in [-0.1, -0.05) is 41.5 Å². The summed E-state index contributed by atoms with van der Waals surface area (Å²) in [6, 6.07) is 0. The summed E-state index contributed by atoms with van der Waals surface area (Å²) in [4.78, 5) is 12.2. The Hall–Kier alpha value is 1.14. The topological polar surface area (TPSA) is 58.6 Å². The van der Waals surface area contributed by atoms with E-state index in [0.29, 0.717) is 0 Å². The molecule has 0 atom stereocenters. The van der Waals surface area contributed by atoms with Crippen molar-refractivity contribution in [2.45, 2.75) is 77.8 Å². The molecule has 0 saturated carbocycles. The molecule has 0 aromatic rings. The van der Waals surface area contributed by atoms with Crippen molar-refractivity contribution in [2.24, 2.45) is 0 Å². The molecular weight excluding hydrogens is 302 g/mol. The maximum atomic E-state index is 12.2. The second-order valence-corrected chi connectivity index (χ2v) is 19.5. The van der Waals surface area contributed by atoms with Gasteiger partial charge in [-0.25, -0.2) is 0 Å². The molecule has 0 bridgehead atoms. The van der Waals surface area contributed by atoms with Crippen LogP contribution >= 0.6 is 7.82 Å². The normalized spacial score (nSPS) is 14.9. The Labute approximate surface area is 139 Å². The predicted octanol–water partition coefficient (Wildman–Crippen LogP) is 1.50. The number of rotatable bonds is 4. The van der Waals surface area contributed by atoms with Crippen molar-refractivity contribution in [3.8, 4) is 0 Å². The second kappa shape index (κ2) is 6.72. The summed E-state index contributed by atoms with van der Waals surface area (Å²) in [7, 11) is -9.01. The Kier molecular flexibility index (Phi) is 7.86. The minimum atomic E-state index is -4.26. The van der Waals surface area contributed by atoms with Gasteiger partial charge in [0.25, 0.3) is 0 Å². The van der Waals surface area contributed by atoms with Gasteiger partial charge in [0.1, 0.15) is 0 Å². The van der Waals surface area contributed by atoms with Gasteiger partial charge in [0.05, 0.1) is 0 Å². The van der Waals surface area contributed by atoms with Gasteiger partial charge in [-0.05, 0) is 36.3 Å². The largest absolute Gasteiger partial charge is 1.00 e. The molecule has 0 amide bonds. The second-order valence-electron chi connectivity index (χ2n) is 8.15. The minimum Gasteiger partial charge on any atom is -0.757 e. The van der Waals surface area contributed by atoms with Crippen LogP contribution in [0.15, 0.2) is 0 Å². The average molecular weight is 332 g/mol. The van der Waals surface area contributed by atoms with Crippen molar-refractivity contribution in [3.05, 3.63) is 0 Å². The van der Waals surface area contributed by atoms with E-state index in [2.05, 4.69) is 0 Å². The van der Waals surface area contributed by atoms with Crippen molar-refractivity contribution in [3.63, 3.8) is 0 Å². The molecule has 0 saturated heterocycles. The Morgan fingerprint density at radius 2 is 1.00 bits per heavy atom. The maximum absolute atomic E-state index is 12.2. The van der Waals surface area contributed by atoms with Crippen LogP contribution in [0.2, 0.25) is 36.3 Å². The first-order valence-electron chi connectivity index (χ1n) is 6.64. The van der Waals surface area contributed by atoms with Crippen molar-refractivity contribution >= 4 is 24.5 Å². The van der Waals surface area contributed by atoms with Crippen LogP contribution < -0.4 is 23.8 Å². The number of phosphoric acid groups is 1. The van der Waals surface area contributed by atoms with Crippen LogP contribution in [-0.2, 0) is 13.0 Å². The summed E-state index contributed by atoms with van der Waals surface area (Å²) in [6.45, 7) is 19.7. The van der Waals surface area contributed by atoms with Gasteiger partial charge < -0.3 is 13.3 Å². The summed E-state index contributed by atoms with van der Waals surface area (Å²) in [6.07, 6.45) is 0. The van der Waals surface area contributed by atoms with Crippen molar-refractivity contribution in [1.82, 2.24) is 0 Å². The molecule has 0 aromatic heterocycles. The first-order chi connectivity index (χ1) is 7.91. The smallest absolute Gasteiger partial charge is 0.757 e. The molecule has 0 unspecified atom stereocenters. The molecule has 8 heteroatoms. The zero-order chi connectivity index (χ0) is 15.9. The van der Waals surface area contributed by atoms with Gasteiger partial charge in [-0.15, -0.1) is 0 Å². The standard InChI is InChI=1S/C12H31O4PSi2.Li/c1-11(2,3)18(7,8)15-17(13,14)16-19(9,10)12(4,5)6;/h1-10H3,(H,13,14);/q;+1/p-1. The van der Waals surface area contributed by atoms with Gasteiger partial charge in [-0.2, -0.15) is 0 Å². The van der Waals surface area contributed by atoms with Crippen LogP contribution in [0.3, 0.4) is 0 Å². The van der Waals surface area contributed by atoms with Gasteiger partial charge in [-0.3, -0.25) is 4.57 Å². The summed E-state index contributed by atoms with van der Waals surface area (Å²) in [5.41, 5.74) is 0. The zero-order valence-corrected chi connectivity index (χ0v) is 18.0. The molecule has 0 fully saturated rings. The monoisotopic (exact) mass is 332 g/mol. The van der Waals surface area contributed by atoms with E-state index in [9.17, 15) is 9.46 Å². The maximum Gasteiger partial charge on any atom is 1.00 e. The fraction of sp³-hybridized carbons (Fsp3) is 1.00. The summed E-state index contributed by atoms with van der Waals surface area (Å²) < 4.78 is 23.2. The summed E-state index contributed by atoms with van der Waals surface area (Å²) in [5.74, 6) is 0. The molecule has 0 aliphatic rings. The van der Waals surface area contributed by atoms with Gasteiger partial charge in [0.2, 0.25) is 24.5 Å². The molecule has 0 aliphatic carbocycles. The molecule has 0 radical (unpaired) electrons. The average Bonchev–Trinajstić information content (AvgIpc) is 1.93. The fourth-order valence-electron chi connectivity index (χ4n) is 0.852.